The van der Waals surface area contributed by atoms with E-state index in [0.29, 0.717) is 22.7 Å². The predicted molar refractivity (Wildman–Crippen MR) is 115 cm³/mol. The van der Waals surface area contributed by atoms with Crippen molar-refractivity contribution >= 4 is 24.7 Å². The lowest BCUT2D eigenvalue weighted by Crippen LogP contribution is -2.08. The van der Waals surface area contributed by atoms with Gasteiger partial charge in [0.15, 0.2) is 0 Å². The van der Waals surface area contributed by atoms with E-state index >= 15 is 0 Å². The number of hydrogen-bond acceptors (Lipinski definition) is 5. The molecule has 0 spiro atoms. The summed E-state index contributed by atoms with van der Waals surface area (Å²) in [7, 11) is -3.87. The van der Waals surface area contributed by atoms with Crippen LogP contribution in [-0.2, 0) is 26.3 Å². The third-order valence-electron chi connectivity index (χ3n) is 4.60. The molecule has 0 aliphatic heterocycles. The Morgan fingerprint density at radius 3 is 2.55 bits per heavy atom. The maximum atomic E-state index is 13.8. The largest absolute Gasteiger partial charge is 0.416 e. The minimum atomic E-state index is -4.69. The van der Waals surface area contributed by atoms with Crippen LogP contribution in [0.15, 0.2) is 48.0 Å². The molecular formula is C22H20F4N3O3P. The minimum Gasteiger partial charge on any atom is -0.327 e. The van der Waals surface area contributed by atoms with E-state index in [0.717, 1.165) is 12.1 Å². The lowest BCUT2D eigenvalue weighted by Gasteiger charge is -2.15. The van der Waals surface area contributed by atoms with Gasteiger partial charge in [0.1, 0.15) is 22.8 Å². The molecule has 0 fully saturated rings. The highest BCUT2D eigenvalue weighted by atomic mass is 31.2. The lowest BCUT2D eigenvalue weighted by atomic mass is 10.1. The Hall–Kier alpha value is -2.99. The van der Waals surface area contributed by atoms with Gasteiger partial charge in [-0.1, -0.05) is 0 Å². The van der Waals surface area contributed by atoms with E-state index in [-0.39, 0.29) is 30.6 Å². The van der Waals surface area contributed by atoms with Crippen LogP contribution in [-0.4, -0.2) is 22.8 Å². The average Bonchev–Trinajstić information content (AvgIpc) is 3.08. The van der Waals surface area contributed by atoms with Crippen LogP contribution in [0.5, 0.6) is 0 Å². The molecule has 0 saturated heterocycles. The summed E-state index contributed by atoms with van der Waals surface area (Å²) < 4.78 is 78.2. The van der Waals surface area contributed by atoms with Crippen LogP contribution in [0.4, 0.5) is 17.6 Å². The van der Waals surface area contributed by atoms with Crippen molar-refractivity contribution in [2.45, 2.75) is 26.6 Å². The number of fused-ring (bicyclic) bond motifs is 1. The molecule has 3 aromatic rings. The fourth-order valence-corrected chi connectivity index (χ4v) is 4.78. The normalized spacial score (nSPS) is 12.8. The smallest absolute Gasteiger partial charge is 0.327 e. The Balaban J connectivity index is 2.10. The summed E-state index contributed by atoms with van der Waals surface area (Å²) in [4.78, 5) is 4.26. The van der Waals surface area contributed by atoms with E-state index in [1.54, 1.807) is 26.0 Å². The van der Waals surface area contributed by atoms with Crippen molar-refractivity contribution < 1.29 is 31.2 Å². The number of nitriles is 1. The molecule has 33 heavy (non-hydrogen) atoms. The third kappa shape index (κ3) is 5.50. The zero-order chi connectivity index (χ0) is 24.2. The van der Waals surface area contributed by atoms with Gasteiger partial charge < -0.3 is 13.6 Å². The van der Waals surface area contributed by atoms with Crippen molar-refractivity contribution in [3.05, 3.63) is 70.5 Å². The van der Waals surface area contributed by atoms with Gasteiger partial charge in [-0.15, -0.1) is 0 Å². The molecule has 0 atom stereocenters. The summed E-state index contributed by atoms with van der Waals surface area (Å²) in [5.41, 5.74) is -0.193. The quantitative estimate of drug-likeness (QED) is 0.212. The van der Waals surface area contributed by atoms with Crippen LogP contribution >= 0.6 is 7.60 Å². The molecule has 0 bridgehead atoms. The fraction of sp³-hybridized carbons (Fsp3) is 0.273. The summed E-state index contributed by atoms with van der Waals surface area (Å²) in [6.07, 6.45) is -0.312. The molecular weight excluding hydrogens is 461 g/mol. The van der Waals surface area contributed by atoms with Gasteiger partial charge in [-0.2, -0.15) is 18.4 Å². The summed E-state index contributed by atoms with van der Waals surface area (Å²) in [5.74, 6) is -1.01. The molecule has 2 aromatic heterocycles. The maximum absolute atomic E-state index is 13.8. The molecule has 174 valence electrons. The van der Waals surface area contributed by atoms with E-state index in [9.17, 15) is 27.4 Å². The number of benzene rings is 1. The lowest BCUT2D eigenvalue weighted by molar-refractivity contribution is -0.137. The van der Waals surface area contributed by atoms with Crippen molar-refractivity contribution in [2.75, 3.05) is 13.2 Å². The zero-order valence-electron chi connectivity index (χ0n) is 17.8. The van der Waals surface area contributed by atoms with Crippen molar-refractivity contribution in [1.29, 1.82) is 5.26 Å². The molecule has 0 saturated carbocycles. The van der Waals surface area contributed by atoms with Crippen molar-refractivity contribution in [2.24, 2.45) is 0 Å². The number of aromatic nitrogens is 2. The summed E-state index contributed by atoms with van der Waals surface area (Å²) >= 11 is 0. The first kappa shape index (κ1) is 24.6. The molecule has 0 amide bonds. The topological polar surface area (TPSA) is 77.1 Å². The fourth-order valence-electron chi connectivity index (χ4n) is 3.32. The number of pyridine rings is 1. The highest BCUT2D eigenvalue weighted by Gasteiger charge is 2.32. The van der Waals surface area contributed by atoms with Gasteiger partial charge in [-0.05, 0) is 55.8 Å². The van der Waals surface area contributed by atoms with Crippen LogP contribution < -0.4 is 0 Å². The summed E-state index contributed by atoms with van der Waals surface area (Å²) in [6, 6.07) is 7.51. The Morgan fingerprint density at radius 2 is 1.94 bits per heavy atom. The molecule has 0 unspecified atom stereocenters. The molecule has 3 rings (SSSR count). The summed E-state index contributed by atoms with van der Waals surface area (Å²) in [5, 5.41) is 9.94. The first-order valence-electron chi connectivity index (χ1n) is 9.93. The SMILES string of the molecule is CCOP(=O)(OCC)/C(C#N)=C/c1cn(Cc2cc(F)cc(C(F)(F)F)c2)c2ncccc12. The van der Waals surface area contributed by atoms with E-state index < -0.39 is 25.2 Å². The second kappa shape index (κ2) is 9.87. The molecule has 6 nitrogen and oxygen atoms in total. The Labute approximate surface area is 187 Å². The standard InChI is InChI=1S/C22H20F4N3O3P/c1-3-31-33(30,32-4-2)19(12-27)10-16-14-29(21-20(16)6-5-7-28-21)13-15-8-17(22(24,25)26)11-18(23)9-15/h5-11,14H,3-4,13H2,1-2H3/b19-10+. The zero-order valence-corrected chi connectivity index (χ0v) is 18.7. The molecule has 0 radical (unpaired) electrons. The van der Waals surface area contributed by atoms with Crippen LogP contribution in [0.1, 0.15) is 30.5 Å². The van der Waals surface area contributed by atoms with Crippen LogP contribution in [0, 0.1) is 17.1 Å². The van der Waals surface area contributed by atoms with Gasteiger partial charge in [0.25, 0.3) is 0 Å². The number of rotatable bonds is 8. The van der Waals surface area contributed by atoms with E-state index in [1.807, 2.05) is 6.07 Å². The highest BCUT2D eigenvalue weighted by Crippen LogP contribution is 2.56. The molecule has 0 aliphatic rings. The van der Waals surface area contributed by atoms with E-state index in [1.165, 1.54) is 23.0 Å². The van der Waals surface area contributed by atoms with Gasteiger partial charge in [0.05, 0.1) is 18.8 Å². The van der Waals surface area contributed by atoms with Gasteiger partial charge in [-0.25, -0.2) is 9.37 Å². The van der Waals surface area contributed by atoms with Crippen LogP contribution in [0.25, 0.3) is 17.1 Å². The number of alkyl halides is 3. The maximum Gasteiger partial charge on any atom is 0.416 e. The number of hydrogen-bond donors (Lipinski definition) is 0. The van der Waals surface area contributed by atoms with Crippen LogP contribution in [0.2, 0.25) is 0 Å². The second-order valence-electron chi connectivity index (χ2n) is 6.91. The van der Waals surface area contributed by atoms with Crippen molar-refractivity contribution in [3.63, 3.8) is 0 Å². The molecule has 11 heteroatoms. The van der Waals surface area contributed by atoms with Crippen molar-refractivity contribution in [3.8, 4) is 6.07 Å². The Morgan fingerprint density at radius 1 is 1.24 bits per heavy atom. The predicted octanol–water partition coefficient (Wildman–Crippen LogP) is 6.37. The minimum absolute atomic E-state index is 0.0563. The third-order valence-corrected chi connectivity index (χ3v) is 6.62. The van der Waals surface area contributed by atoms with Gasteiger partial charge in [-0.3, -0.25) is 4.57 Å². The monoisotopic (exact) mass is 481 g/mol. The van der Waals surface area contributed by atoms with E-state index in [4.69, 9.17) is 9.05 Å². The van der Waals surface area contributed by atoms with Gasteiger partial charge in [0, 0.05) is 29.9 Å². The first-order chi connectivity index (χ1) is 15.6. The number of allylic oxidation sites excluding steroid dienone is 1. The molecule has 2 heterocycles. The van der Waals surface area contributed by atoms with E-state index in [2.05, 4.69) is 4.98 Å². The van der Waals surface area contributed by atoms with Crippen molar-refractivity contribution in [1.82, 2.24) is 9.55 Å². The molecule has 1 aromatic carbocycles. The van der Waals surface area contributed by atoms with Gasteiger partial charge >= 0.3 is 13.8 Å². The number of nitrogens with zero attached hydrogens (tertiary/aromatic N) is 3. The molecule has 0 aliphatic carbocycles. The second-order valence-corrected chi connectivity index (χ2v) is 8.90. The first-order valence-corrected chi connectivity index (χ1v) is 11.5. The average molecular weight is 481 g/mol. The number of halogens is 4. The Bertz CT molecular complexity index is 1270. The van der Waals surface area contributed by atoms with Gasteiger partial charge in [0.2, 0.25) is 0 Å². The highest BCUT2D eigenvalue weighted by molar-refractivity contribution is 7.59. The summed E-state index contributed by atoms with van der Waals surface area (Å²) in [6.45, 7) is 3.23. The molecule has 0 N–H and O–H groups in total. The Kier molecular flexibility index (Phi) is 7.38. The van der Waals surface area contributed by atoms with Crippen LogP contribution in [0.3, 0.4) is 0 Å².